The summed E-state index contributed by atoms with van der Waals surface area (Å²) < 4.78 is 1.95. The number of anilines is 1. The van der Waals surface area contributed by atoms with E-state index in [9.17, 15) is 4.79 Å². The first-order valence-corrected chi connectivity index (χ1v) is 8.21. The first kappa shape index (κ1) is 17.2. The van der Waals surface area contributed by atoms with Crippen LogP contribution in [-0.4, -0.2) is 28.2 Å². The van der Waals surface area contributed by atoms with Gasteiger partial charge in [-0.2, -0.15) is 0 Å². The molecular formula is C19H20N6O. The Morgan fingerprint density at radius 1 is 1.35 bits per heavy atom. The third-order valence-electron chi connectivity index (χ3n) is 3.94. The monoisotopic (exact) mass is 348 g/mol. The number of hydrogen-bond acceptors (Lipinski definition) is 4. The summed E-state index contributed by atoms with van der Waals surface area (Å²) >= 11 is 0. The first-order chi connectivity index (χ1) is 12.7. The predicted octanol–water partition coefficient (Wildman–Crippen LogP) is 3.09. The molecule has 7 heteroatoms. The third kappa shape index (κ3) is 3.41. The highest BCUT2D eigenvalue weighted by atomic mass is 16.2. The van der Waals surface area contributed by atoms with Gasteiger partial charge in [-0.3, -0.25) is 4.40 Å². The molecule has 0 atom stereocenters. The summed E-state index contributed by atoms with van der Waals surface area (Å²) in [6.45, 7) is 2.43. The van der Waals surface area contributed by atoms with Crippen molar-refractivity contribution in [2.45, 2.75) is 6.92 Å². The van der Waals surface area contributed by atoms with Gasteiger partial charge in [0.2, 0.25) is 0 Å². The van der Waals surface area contributed by atoms with Crippen LogP contribution in [0.5, 0.6) is 0 Å². The van der Waals surface area contributed by atoms with Crippen molar-refractivity contribution in [3.63, 3.8) is 0 Å². The number of nitrogens with two attached hydrogens (primary N) is 1. The summed E-state index contributed by atoms with van der Waals surface area (Å²) in [7, 11) is 0. The first-order valence-electron chi connectivity index (χ1n) is 8.21. The van der Waals surface area contributed by atoms with Crippen LogP contribution in [0.15, 0.2) is 55.0 Å². The molecule has 0 saturated carbocycles. The van der Waals surface area contributed by atoms with Crippen molar-refractivity contribution >= 4 is 29.2 Å². The number of imidazole rings is 1. The van der Waals surface area contributed by atoms with E-state index in [1.807, 2.05) is 53.9 Å². The molecule has 0 aliphatic carbocycles. The van der Waals surface area contributed by atoms with E-state index in [1.165, 1.54) is 12.4 Å². The van der Waals surface area contributed by atoms with Crippen LogP contribution < -0.4 is 16.4 Å². The zero-order chi connectivity index (χ0) is 18.5. The van der Waals surface area contributed by atoms with Gasteiger partial charge in [-0.15, -0.1) is 0 Å². The number of aromatic nitrogens is 2. The van der Waals surface area contributed by atoms with Crippen molar-refractivity contribution in [3.8, 4) is 11.3 Å². The zero-order valence-electron chi connectivity index (χ0n) is 14.4. The molecule has 0 fully saturated rings. The average molecular weight is 348 g/mol. The molecule has 7 nitrogen and oxygen atoms in total. The van der Waals surface area contributed by atoms with E-state index >= 15 is 0 Å². The van der Waals surface area contributed by atoms with Crippen LogP contribution in [0.3, 0.4) is 0 Å². The lowest BCUT2D eigenvalue weighted by Gasteiger charge is -2.08. The van der Waals surface area contributed by atoms with Crippen LogP contribution in [0.2, 0.25) is 0 Å². The highest BCUT2D eigenvalue weighted by Crippen LogP contribution is 2.25. The fourth-order valence-corrected chi connectivity index (χ4v) is 2.69. The molecule has 0 spiro atoms. The number of nitrogens with zero attached hydrogens (tertiary/aromatic N) is 2. The Morgan fingerprint density at radius 3 is 2.92 bits per heavy atom. The maximum Gasteiger partial charge on any atom is 0.319 e. The number of rotatable bonds is 5. The van der Waals surface area contributed by atoms with E-state index < -0.39 is 0 Å². The molecule has 5 N–H and O–H groups in total. The Balaban J connectivity index is 1.96. The van der Waals surface area contributed by atoms with E-state index in [2.05, 4.69) is 15.6 Å². The van der Waals surface area contributed by atoms with Gasteiger partial charge in [0.1, 0.15) is 5.65 Å². The number of benzene rings is 1. The van der Waals surface area contributed by atoms with Gasteiger partial charge < -0.3 is 21.8 Å². The summed E-state index contributed by atoms with van der Waals surface area (Å²) in [6.07, 6.45) is 6.29. The van der Waals surface area contributed by atoms with Gasteiger partial charge in [0.05, 0.1) is 11.9 Å². The van der Waals surface area contributed by atoms with Crippen molar-refractivity contribution in [3.05, 3.63) is 60.6 Å². The molecular weight excluding hydrogens is 328 g/mol. The van der Waals surface area contributed by atoms with E-state index in [4.69, 9.17) is 11.1 Å². The number of pyridine rings is 1. The quantitative estimate of drug-likeness (QED) is 0.532. The highest BCUT2D eigenvalue weighted by Gasteiger charge is 2.09. The molecule has 2 aromatic heterocycles. The van der Waals surface area contributed by atoms with E-state index in [0.29, 0.717) is 17.8 Å². The topological polar surface area (TPSA) is 108 Å². The van der Waals surface area contributed by atoms with Gasteiger partial charge >= 0.3 is 6.03 Å². The molecule has 26 heavy (non-hydrogen) atoms. The molecule has 0 saturated heterocycles. The summed E-state index contributed by atoms with van der Waals surface area (Å²) in [5.41, 5.74) is 10.3. The Bertz CT molecular complexity index is 989. The zero-order valence-corrected chi connectivity index (χ0v) is 14.4. The lowest BCUT2D eigenvalue weighted by molar-refractivity contribution is 0.252. The number of carbonyl (C=O) groups is 1. The van der Waals surface area contributed by atoms with Crippen LogP contribution in [-0.2, 0) is 0 Å². The fraction of sp³-hybridized carbons (Fsp3) is 0.105. The Kier molecular flexibility index (Phi) is 4.98. The summed E-state index contributed by atoms with van der Waals surface area (Å²) in [4.78, 5) is 16.2. The second-order valence-corrected chi connectivity index (χ2v) is 5.62. The van der Waals surface area contributed by atoms with Crippen LogP contribution in [0.4, 0.5) is 10.5 Å². The van der Waals surface area contributed by atoms with Crippen LogP contribution in [0, 0.1) is 5.41 Å². The normalized spacial score (nSPS) is 11.3. The lowest BCUT2D eigenvalue weighted by atomic mass is 10.1. The predicted molar refractivity (Wildman–Crippen MR) is 104 cm³/mol. The smallest absolute Gasteiger partial charge is 0.319 e. The largest absolute Gasteiger partial charge is 0.404 e. The van der Waals surface area contributed by atoms with Crippen molar-refractivity contribution in [2.24, 2.45) is 5.73 Å². The van der Waals surface area contributed by atoms with Crippen LogP contribution >= 0.6 is 0 Å². The Hall–Kier alpha value is -3.61. The van der Waals surface area contributed by atoms with Crippen LogP contribution in [0.1, 0.15) is 12.5 Å². The molecule has 2 heterocycles. The van der Waals surface area contributed by atoms with Crippen LogP contribution in [0.25, 0.3) is 22.5 Å². The van der Waals surface area contributed by atoms with E-state index in [1.54, 1.807) is 6.20 Å². The molecule has 0 bridgehead atoms. The van der Waals surface area contributed by atoms with Gasteiger partial charge in [0.25, 0.3) is 0 Å². The number of nitrogens with one attached hydrogen (secondary N) is 3. The molecule has 3 aromatic rings. The standard InChI is InChI=1S/C19H20N6O/c1-2-22-19(26)24-16-5-3-4-14(8-16)17-12-23-18-9-13(6-7-25(17)18)15(10-20)11-21/h3-12,20H,2,21H2,1H3,(H2,22,24,26)/b15-11+,20-10?. The van der Waals surface area contributed by atoms with Crippen molar-refractivity contribution in [1.29, 1.82) is 5.41 Å². The van der Waals surface area contributed by atoms with Gasteiger partial charge in [-0.1, -0.05) is 12.1 Å². The molecule has 0 aliphatic heterocycles. The van der Waals surface area contributed by atoms with Crippen molar-refractivity contribution in [2.75, 3.05) is 11.9 Å². The number of amides is 2. The maximum atomic E-state index is 11.7. The highest BCUT2D eigenvalue weighted by molar-refractivity contribution is 6.08. The lowest BCUT2D eigenvalue weighted by Crippen LogP contribution is -2.28. The molecule has 2 amide bonds. The second kappa shape index (κ2) is 7.52. The minimum atomic E-state index is -0.236. The van der Waals surface area contributed by atoms with Gasteiger partial charge in [-0.05, 0) is 36.8 Å². The van der Waals surface area contributed by atoms with Crippen molar-refractivity contribution in [1.82, 2.24) is 14.7 Å². The van der Waals surface area contributed by atoms with Gasteiger partial charge in [0.15, 0.2) is 0 Å². The minimum Gasteiger partial charge on any atom is -0.404 e. The number of allylic oxidation sites excluding steroid dienone is 1. The number of hydrogen-bond donors (Lipinski definition) is 4. The third-order valence-corrected chi connectivity index (χ3v) is 3.94. The van der Waals surface area contributed by atoms with Crippen molar-refractivity contribution < 1.29 is 4.79 Å². The second-order valence-electron chi connectivity index (χ2n) is 5.62. The average Bonchev–Trinajstić information content (AvgIpc) is 3.06. The molecule has 0 unspecified atom stereocenters. The molecule has 3 rings (SSSR count). The van der Waals surface area contributed by atoms with E-state index in [0.717, 1.165) is 22.5 Å². The number of urea groups is 1. The maximum absolute atomic E-state index is 11.7. The number of carbonyl (C=O) groups excluding carboxylic acids is 1. The fourth-order valence-electron chi connectivity index (χ4n) is 2.69. The van der Waals surface area contributed by atoms with E-state index in [-0.39, 0.29) is 6.03 Å². The molecule has 1 aromatic carbocycles. The summed E-state index contributed by atoms with van der Waals surface area (Å²) in [5, 5.41) is 12.9. The molecule has 132 valence electrons. The summed E-state index contributed by atoms with van der Waals surface area (Å²) in [6, 6.07) is 11.1. The molecule has 0 radical (unpaired) electrons. The Morgan fingerprint density at radius 2 is 2.19 bits per heavy atom. The number of fused-ring (bicyclic) bond motifs is 1. The SMILES string of the molecule is CCNC(=O)Nc1cccc(-c2cnc3cc(/C(C=N)=C/N)ccn23)c1. The molecule has 0 aliphatic rings. The van der Waals surface area contributed by atoms with Gasteiger partial charge in [-0.25, -0.2) is 9.78 Å². The van der Waals surface area contributed by atoms with Gasteiger partial charge in [0, 0.05) is 42.0 Å². The minimum absolute atomic E-state index is 0.236. The summed E-state index contributed by atoms with van der Waals surface area (Å²) in [5.74, 6) is 0. The Labute approximate surface area is 151 Å².